The van der Waals surface area contributed by atoms with Crippen LogP contribution < -0.4 is 11.1 Å². The van der Waals surface area contributed by atoms with Crippen LogP contribution in [0.2, 0.25) is 5.02 Å². The molecule has 1 aliphatic carbocycles. The number of carbonyl (C=O) groups is 1. The van der Waals surface area contributed by atoms with Crippen molar-refractivity contribution in [1.29, 1.82) is 0 Å². The third-order valence-corrected chi connectivity index (χ3v) is 6.99. The molecule has 1 heterocycles. The van der Waals surface area contributed by atoms with Crippen LogP contribution in [0.5, 0.6) is 0 Å². The summed E-state index contributed by atoms with van der Waals surface area (Å²) in [5, 5.41) is 3.21. The number of hydrogen-bond acceptors (Lipinski definition) is 4. The Hall–Kier alpha value is -3.29. The fourth-order valence-electron chi connectivity index (χ4n) is 4.68. The van der Waals surface area contributed by atoms with Gasteiger partial charge in [0.15, 0.2) is 11.6 Å². The Morgan fingerprint density at radius 3 is 2.78 bits per heavy atom. The second-order valence-corrected chi connectivity index (χ2v) is 9.71. The molecule has 3 N–H and O–H groups in total. The summed E-state index contributed by atoms with van der Waals surface area (Å²) in [5.74, 6) is -2.27. The van der Waals surface area contributed by atoms with Gasteiger partial charge in [-0.25, -0.2) is 8.78 Å². The predicted octanol–water partition coefficient (Wildman–Crippen LogP) is 6.50. The lowest BCUT2D eigenvalue weighted by atomic mass is 9.86. The molecule has 0 spiro atoms. The van der Waals surface area contributed by atoms with Crippen molar-refractivity contribution in [2.75, 3.05) is 25.5 Å². The highest BCUT2D eigenvalue weighted by atomic mass is 35.5. The summed E-state index contributed by atoms with van der Waals surface area (Å²) in [7, 11) is 1.78. The number of nitrogens with zero attached hydrogens (tertiary/aromatic N) is 2. The van der Waals surface area contributed by atoms with Crippen LogP contribution in [-0.2, 0) is 0 Å². The lowest BCUT2D eigenvalue weighted by Gasteiger charge is -2.22. The molecular weight excluding hydrogens is 494 g/mol. The van der Waals surface area contributed by atoms with Crippen molar-refractivity contribution in [2.45, 2.75) is 32.6 Å². The van der Waals surface area contributed by atoms with Crippen LogP contribution in [0.3, 0.4) is 0 Å². The normalized spacial score (nSPS) is 19.4. The van der Waals surface area contributed by atoms with Gasteiger partial charge in [-0.1, -0.05) is 29.8 Å². The van der Waals surface area contributed by atoms with E-state index in [2.05, 4.69) is 22.5 Å². The predicted molar refractivity (Wildman–Crippen MR) is 147 cm³/mol. The molecule has 0 fully saturated rings. The molecule has 8 heteroatoms. The highest BCUT2D eigenvalue weighted by molar-refractivity contribution is 6.30. The molecule has 2 aliphatic rings. The summed E-state index contributed by atoms with van der Waals surface area (Å²) >= 11 is 5.78. The Labute approximate surface area is 221 Å². The molecule has 37 heavy (non-hydrogen) atoms. The number of carbonyl (C=O) groups excluding carboxylic acids is 1. The molecule has 1 amide bonds. The number of aliphatic imine (C=N–C) groups is 1. The van der Waals surface area contributed by atoms with Gasteiger partial charge in [0.25, 0.3) is 5.91 Å². The number of nitrogens with one attached hydrogen (secondary N) is 1. The van der Waals surface area contributed by atoms with E-state index < -0.39 is 11.6 Å². The number of aryl methyl sites for hydroxylation is 1. The van der Waals surface area contributed by atoms with Gasteiger partial charge in [0.1, 0.15) is 0 Å². The van der Waals surface area contributed by atoms with Crippen LogP contribution in [0.15, 0.2) is 65.4 Å². The summed E-state index contributed by atoms with van der Waals surface area (Å²) in [6, 6.07) is 8.50. The number of amides is 1. The lowest BCUT2D eigenvalue weighted by molar-refractivity contribution is 0.0793. The van der Waals surface area contributed by atoms with E-state index in [-0.39, 0.29) is 22.4 Å². The molecule has 1 atom stereocenters. The number of hydrogen-bond donors (Lipinski definition) is 2. The molecular formula is C29H31ClF2N4O. The van der Waals surface area contributed by atoms with E-state index in [9.17, 15) is 13.6 Å². The largest absolute Gasteiger partial charge is 0.354 e. The van der Waals surface area contributed by atoms with Crippen molar-refractivity contribution in [3.8, 4) is 0 Å². The smallest absolute Gasteiger partial charge is 0.253 e. The van der Waals surface area contributed by atoms with Gasteiger partial charge in [0.05, 0.1) is 16.4 Å². The second kappa shape index (κ2) is 11.8. The molecule has 0 saturated carbocycles. The van der Waals surface area contributed by atoms with Crippen LogP contribution in [0.4, 0.5) is 14.5 Å². The first kappa shape index (κ1) is 26.8. The standard InChI is InChI=1S/C29H31ClF2N4O/c1-18-16-19(10-11-20(18)29(37)36(2)15-7-14-33)35-25-9-6-4-3-5-8-22-23(17-34-28(22)25)21-12-13-24(30)27(32)26(21)31/h3-4,9-13,16-17,22,35H,5-8,14-15,33H2,1-2H3/b4-3-,25-9-. The maximum absolute atomic E-state index is 14.8. The van der Waals surface area contributed by atoms with Gasteiger partial charge in [-0.15, -0.1) is 0 Å². The van der Waals surface area contributed by atoms with Crippen molar-refractivity contribution >= 4 is 34.5 Å². The van der Waals surface area contributed by atoms with Gasteiger partial charge in [-0.05, 0) is 80.6 Å². The summed E-state index contributed by atoms with van der Waals surface area (Å²) < 4.78 is 29.1. The molecule has 1 aliphatic heterocycles. The maximum atomic E-state index is 14.8. The van der Waals surface area contributed by atoms with Crippen LogP contribution >= 0.6 is 11.6 Å². The first-order valence-corrected chi connectivity index (χ1v) is 12.8. The third-order valence-electron chi connectivity index (χ3n) is 6.70. The zero-order valence-corrected chi connectivity index (χ0v) is 21.8. The number of allylic oxidation sites excluding steroid dienone is 5. The summed E-state index contributed by atoms with van der Waals surface area (Å²) in [5.41, 5.74) is 10.2. The fourth-order valence-corrected chi connectivity index (χ4v) is 4.82. The van der Waals surface area contributed by atoms with Crippen molar-refractivity contribution in [3.63, 3.8) is 0 Å². The summed E-state index contributed by atoms with van der Waals surface area (Å²) in [6.45, 7) is 3.04. The van der Waals surface area contributed by atoms with Gasteiger partial charge in [-0.3, -0.25) is 9.79 Å². The Morgan fingerprint density at radius 2 is 2.03 bits per heavy atom. The molecule has 5 nitrogen and oxygen atoms in total. The minimum absolute atomic E-state index is 0.0457. The number of nitrogens with two attached hydrogens (primary N) is 1. The SMILES string of the molecule is Cc1cc(N/C2=C\C/C=C\CCC3C(c4ccc(Cl)c(F)c4F)=CN=C23)ccc1C(=O)N(C)CCCN. The Kier molecular flexibility index (Phi) is 8.56. The van der Waals surface area contributed by atoms with E-state index >= 15 is 0 Å². The van der Waals surface area contributed by atoms with Crippen molar-refractivity contribution in [2.24, 2.45) is 16.6 Å². The number of halogens is 3. The van der Waals surface area contributed by atoms with E-state index in [0.717, 1.165) is 35.5 Å². The van der Waals surface area contributed by atoms with Gasteiger partial charge in [0.2, 0.25) is 0 Å². The Balaban J connectivity index is 1.58. The molecule has 0 radical (unpaired) electrons. The van der Waals surface area contributed by atoms with E-state index in [4.69, 9.17) is 17.3 Å². The van der Waals surface area contributed by atoms with E-state index in [1.54, 1.807) is 18.1 Å². The highest BCUT2D eigenvalue weighted by Crippen LogP contribution is 2.38. The zero-order chi connectivity index (χ0) is 26.5. The van der Waals surface area contributed by atoms with Gasteiger partial charge in [-0.2, -0.15) is 0 Å². The first-order valence-electron chi connectivity index (χ1n) is 12.4. The van der Waals surface area contributed by atoms with Crippen LogP contribution in [0.1, 0.15) is 47.2 Å². The minimum atomic E-state index is -1.05. The average molecular weight is 525 g/mol. The molecule has 2 aromatic carbocycles. The number of anilines is 1. The highest BCUT2D eigenvalue weighted by Gasteiger charge is 2.31. The van der Waals surface area contributed by atoms with Crippen LogP contribution in [-0.4, -0.2) is 36.7 Å². The summed E-state index contributed by atoms with van der Waals surface area (Å²) in [6.07, 6.45) is 10.8. The van der Waals surface area contributed by atoms with Crippen molar-refractivity contribution < 1.29 is 13.6 Å². The molecule has 1 unspecified atom stereocenters. The van der Waals surface area contributed by atoms with Gasteiger partial charge < -0.3 is 16.0 Å². The first-order chi connectivity index (χ1) is 17.8. The minimum Gasteiger partial charge on any atom is -0.354 e. The monoisotopic (exact) mass is 524 g/mol. The maximum Gasteiger partial charge on any atom is 0.253 e. The van der Waals surface area contributed by atoms with Crippen molar-refractivity contribution in [3.05, 3.63) is 93.8 Å². The molecule has 0 saturated heterocycles. The summed E-state index contributed by atoms with van der Waals surface area (Å²) in [4.78, 5) is 19.2. The third kappa shape index (κ3) is 5.84. The zero-order valence-electron chi connectivity index (χ0n) is 21.0. The van der Waals surface area contributed by atoms with Gasteiger partial charge >= 0.3 is 0 Å². The topological polar surface area (TPSA) is 70.7 Å². The average Bonchev–Trinajstić information content (AvgIpc) is 3.32. The molecule has 0 bridgehead atoms. The quantitative estimate of drug-likeness (QED) is 0.321. The fraction of sp³-hybridized carbons (Fsp3) is 0.310. The molecule has 2 aromatic rings. The van der Waals surface area contributed by atoms with E-state index in [0.29, 0.717) is 37.1 Å². The Bertz CT molecular complexity index is 1320. The number of rotatable bonds is 7. The van der Waals surface area contributed by atoms with Gasteiger partial charge in [0, 0.05) is 42.5 Å². The number of fused-ring (bicyclic) bond motifs is 1. The van der Waals surface area contributed by atoms with E-state index in [1.165, 1.54) is 12.1 Å². The van der Waals surface area contributed by atoms with E-state index in [1.807, 2.05) is 31.2 Å². The Morgan fingerprint density at radius 1 is 1.22 bits per heavy atom. The number of benzene rings is 2. The van der Waals surface area contributed by atoms with Crippen molar-refractivity contribution in [1.82, 2.24) is 4.90 Å². The van der Waals surface area contributed by atoms with Crippen LogP contribution in [0, 0.1) is 24.5 Å². The molecule has 4 rings (SSSR count). The second-order valence-electron chi connectivity index (χ2n) is 9.30. The molecule has 0 aromatic heterocycles. The van der Waals surface area contributed by atoms with Crippen LogP contribution in [0.25, 0.3) is 5.57 Å². The lowest BCUT2D eigenvalue weighted by Crippen LogP contribution is -2.29. The molecule has 194 valence electrons.